The first-order valence-corrected chi connectivity index (χ1v) is 7.54. The van der Waals surface area contributed by atoms with E-state index in [0.717, 1.165) is 24.3 Å². The standard InChI is InChI=1S/C13H16F3N3O2S/c1-3-4-7-17-11(20-2)9-6-5-8(22-9)10-18-12(21-19-10)13(14,15)16/h5-6,11,17H,3-4,7H2,1-2H3. The average Bonchev–Trinajstić information content (AvgIpc) is 3.11. The number of halogens is 3. The van der Waals surface area contributed by atoms with Gasteiger partial charge < -0.3 is 9.26 Å². The second kappa shape index (κ2) is 7.21. The van der Waals surface area contributed by atoms with Crippen LogP contribution in [0.3, 0.4) is 0 Å². The SMILES string of the molecule is CCCCNC(OC)c1ccc(-c2noc(C(F)(F)F)n2)s1. The van der Waals surface area contributed by atoms with Crippen molar-refractivity contribution in [2.24, 2.45) is 0 Å². The summed E-state index contributed by atoms with van der Waals surface area (Å²) >= 11 is 1.26. The van der Waals surface area contributed by atoms with Gasteiger partial charge in [0.15, 0.2) is 0 Å². The molecule has 0 saturated carbocycles. The summed E-state index contributed by atoms with van der Waals surface area (Å²) in [4.78, 5) is 4.71. The molecule has 0 aliphatic carbocycles. The van der Waals surface area contributed by atoms with Crippen molar-refractivity contribution in [3.05, 3.63) is 22.9 Å². The van der Waals surface area contributed by atoms with Gasteiger partial charge in [-0.05, 0) is 25.1 Å². The zero-order chi connectivity index (χ0) is 16.2. The molecule has 0 aliphatic rings. The normalized spacial score (nSPS) is 13.5. The minimum Gasteiger partial charge on any atom is -0.361 e. The Balaban J connectivity index is 2.11. The van der Waals surface area contributed by atoms with Crippen LogP contribution < -0.4 is 5.32 Å². The summed E-state index contributed by atoms with van der Waals surface area (Å²) < 4.78 is 46.9. The Morgan fingerprint density at radius 2 is 2.18 bits per heavy atom. The number of methoxy groups -OCH3 is 1. The predicted molar refractivity (Wildman–Crippen MR) is 75.3 cm³/mol. The maximum Gasteiger partial charge on any atom is 0.471 e. The monoisotopic (exact) mass is 335 g/mol. The van der Waals surface area contributed by atoms with Crippen molar-refractivity contribution < 1.29 is 22.4 Å². The molecule has 9 heteroatoms. The van der Waals surface area contributed by atoms with Crippen LogP contribution in [-0.4, -0.2) is 23.8 Å². The molecule has 1 unspecified atom stereocenters. The molecule has 1 atom stereocenters. The molecule has 0 bridgehead atoms. The lowest BCUT2D eigenvalue weighted by molar-refractivity contribution is -0.159. The van der Waals surface area contributed by atoms with Crippen molar-refractivity contribution in [3.8, 4) is 10.7 Å². The molecule has 2 aromatic rings. The van der Waals surface area contributed by atoms with Gasteiger partial charge in [-0.25, -0.2) is 0 Å². The van der Waals surface area contributed by atoms with Crippen LogP contribution in [0.1, 0.15) is 36.8 Å². The van der Waals surface area contributed by atoms with Gasteiger partial charge in [-0.2, -0.15) is 18.2 Å². The Morgan fingerprint density at radius 1 is 1.41 bits per heavy atom. The third kappa shape index (κ3) is 4.05. The van der Waals surface area contributed by atoms with Gasteiger partial charge in [-0.3, -0.25) is 5.32 Å². The number of thiophene rings is 1. The Bertz CT molecular complexity index is 597. The van der Waals surface area contributed by atoms with Crippen LogP contribution in [0.4, 0.5) is 13.2 Å². The highest BCUT2D eigenvalue weighted by atomic mass is 32.1. The van der Waals surface area contributed by atoms with Crippen LogP contribution in [0, 0.1) is 0 Å². The Hall–Kier alpha value is -1.45. The Labute approximate surface area is 129 Å². The first-order valence-electron chi connectivity index (χ1n) is 6.73. The minimum absolute atomic E-state index is 0.0769. The summed E-state index contributed by atoms with van der Waals surface area (Å²) in [6.07, 6.45) is -2.87. The maximum atomic E-state index is 12.5. The van der Waals surface area contributed by atoms with Crippen molar-refractivity contribution in [1.29, 1.82) is 0 Å². The molecule has 0 saturated heterocycles. The fourth-order valence-corrected chi connectivity index (χ4v) is 2.75. The molecule has 122 valence electrons. The van der Waals surface area contributed by atoms with Crippen LogP contribution in [-0.2, 0) is 10.9 Å². The lowest BCUT2D eigenvalue weighted by atomic mass is 10.3. The highest BCUT2D eigenvalue weighted by molar-refractivity contribution is 7.15. The van der Waals surface area contributed by atoms with Gasteiger partial charge in [0, 0.05) is 12.0 Å². The van der Waals surface area contributed by atoms with Crippen LogP contribution in [0.15, 0.2) is 16.7 Å². The van der Waals surface area contributed by atoms with E-state index in [2.05, 4.69) is 26.9 Å². The summed E-state index contributed by atoms with van der Waals surface area (Å²) in [6, 6.07) is 3.43. The molecule has 1 N–H and O–H groups in total. The first kappa shape index (κ1) is 16.9. The van der Waals surface area contributed by atoms with E-state index in [1.165, 1.54) is 11.3 Å². The van der Waals surface area contributed by atoms with Gasteiger partial charge in [0.2, 0.25) is 5.82 Å². The van der Waals surface area contributed by atoms with E-state index in [-0.39, 0.29) is 12.1 Å². The number of ether oxygens (including phenoxy) is 1. The van der Waals surface area contributed by atoms with Crippen molar-refractivity contribution in [2.45, 2.75) is 32.2 Å². The Kier molecular flexibility index (Phi) is 5.54. The molecule has 22 heavy (non-hydrogen) atoms. The van der Waals surface area contributed by atoms with Crippen molar-refractivity contribution in [3.63, 3.8) is 0 Å². The number of nitrogens with zero attached hydrogens (tertiary/aromatic N) is 2. The van der Waals surface area contributed by atoms with E-state index in [1.54, 1.807) is 19.2 Å². The van der Waals surface area contributed by atoms with Crippen LogP contribution in [0.5, 0.6) is 0 Å². The van der Waals surface area contributed by atoms with Crippen molar-refractivity contribution >= 4 is 11.3 Å². The van der Waals surface area contributed by atoms with Gasteiger partial charge in [0.1, 0.15) is 6.23 Å². The van der Waals surface area contributed by atoms with Crippen LogP contribution >= 0.6 is 11.3 Å². The van der Waals surface area contributed by atoms with E-state index < -0.39 is 12.1 Å². The number of alkyl halides is 3. The predicted octanol–water partition coefficient (Wildman–Crippen LogP) is 3.85. The lowest BCUT2D eigenvalue weighted by Crippen LogP contribution is -2.22. The summed E-state index contributed by atoms with van der Waals surface area (Å²) in [7, 11) is 1.57. The van der Waals surface area contributed by atoms with Gasteiger partial charge in [0.25, 0.3) is 0 Å². The van der Waals surface area contributed by atoms with Gasteiger partial charge >= 0.3 is 12.1 Å². The quantitative estimate of drug-likeness (QED) is 0.615. The molecule has 0 fully saturated rings. The highest BCUT2D eigenvalue weighted by Crippen LogP contribution is 2.33. The fourth-order valence-electron chi connectivity index (χ4n) is 1.76. The molecule has 0 aromatic carbocycles. The zero-order valence-electron chi connectivity index (χ0n) is 12.1. The molecule has 2 aromatic heterocycles. The minimum atomic E-state index is -4.64. The molecule has 0 spiro atoms. The number of hydrogen-bond donors (Lipinski definition) is 1. The zero-order valence-corrected chi connectivity index (χ0v) is 12.9. The number of unbranched alkanes of at least 4 members (excludes halogenated alkanes) is 1. The molecule has 0 aliphatic heterocycles. The number of nitrogens with one attached hydrogen (secondary N) is 1. The Morgan fingerprint density at radius 3 is 2.77 bits per heavy atom. The molecule has 0 amide bonds. The van der Waals surface area contributed by atoms with E-state index >= 15 is 0 Å². The summed E-state index contributed by atoms with van der Waals surface area (Å²) in [5.41, 5.74) is 0. The van der Waals surface area contributed by atoms with Crippen LogP contribution in [0.2, 0.25) is 0 Å². The molecular weight excluding hydrogens is 319 g/mol. The topological polar surface area (TPSA) is 60.2 Å². The number of rotatable bonds is 7. The average molecular weight is 335 g/mol. The van der Waals surface area contributed by atoms with E-state index in [0.29, 0.717) is 4.88 Å². The molecule has 2 rings (SSSR count). The number of aromatic nitrogens is 2. The van der Waals surface area contributed by atoms with Gasteiger partial charge in [-0.15, -0.1) is 11.3 Å². The van der Waals surface area contributed by atoms with E-state index in [9.17, 15) is 13.2 Å². The third-order valence-corrected chi connectivity index (χ3v) is 3.99. The van der Waals surface area contributed by atoms with Crippen LogP contribution in [0.25, 0.3) is 10.7 Å². The second-order valence-electron chi connectivity index (χ2n) is 4.55. The molecule has 5 nitrogen and oxygen atoms in total. The first-order chi connectivity index (χ1) is 10.5. The van der Waals surface area contributed by atoms with Crippen molar-refractivity contribution in [1.82, 2.24) is 15.5 Å². The molecule has 2 heterocycles. The third-order valence-electron chi connectivity index (χ3n) is 2.87. The lowest BCUT2D eigenvalue weighted by Gasteiger charge is -2.15. The highest BCUT2D eigenvalue weighted by Gasteiger charge is 2.38. The smallest absolute Gasteiger partial charge is 0.361 e. The fraction of sp³-hybridized carbons (Fsp3) is 0.538. The van der Waals surface area contributed by atoms with Crippen molar-refractivity contribution in [2.75, 3.05) is 13.7 Å². The maximum absolute atomic E-state index is 12.5. The summed E-state index contributed by atoms with van der Waals surface area (Å²) in [5, 5.41) is 6.59. The molecule has 0 radical (unpaired) electrons. The largest absolute Gasteiger partial charge is 0.471 e. The van der Waals surface area contributed by atoms with Gasteiger partial charge in [-0.1, -0.05) is 18.5 Å². The summed E-state index contributed by atoms with van der Waals surface area (Å²) in [6.45, 7) is 2.88. The van der Waals surface area contributed by atoms with Gasteiger partial charge in [0.05, 0.1) is 4.88 Å². The number of hydrogen-bond acceptors (Lipinski definition) is 6. The molecular formula is C13H16F3N3O2S. The summed E-state index contributed by atoms with van der Waals surface area (Å²) in [5.74, 6) is -1.42. The second-order valence-corrected chi connectivity index (χ2v) is 5.66. The van der Waals surface area contributed by atoms with E-state index in [1.807, 2.05) is 0 Å². The van der Waals surface area contributed by atoms with E-state index in [4.69, 9.17) is 4.74 Å².